The molecule has 0 aliphatic rings. The molecule has 1 heterocycles. The Morgan fingerprint density at radius 3 is 2.62 bits per heavy atom. The molecule has 0 aliphatic carbocycles. The number of fused-ring (bicyclic) bond motifs is 1. The summed E-state index contributed by atoms with van der Waals surface area (Å²) in [4.78, 5) is 40.2. The van der Waals surface area contributed by atoms with Crippen LogP contribution in [-0.4, -0.2) is 40.5 Å². The third kappa shape index (κ3) is 3.91. The van der Waals surface area contributed by atoms with Crippen LogP contribution in [0.4, 0.5) is 0 Å². The minimum Gasteiger partial charge on any atom is -0.345 e. The molecule has 0 radical (unpaired) electrons. The largest absolute Gasteiger partial charge is 0.345 e. The lowest BCUT2D eigenvalue weighted by molar-refractivity contribution is -0.131. The average molecular weight is 332 g/mol. The zero-order valence-corrected chi connectivity index (χ0v) is 14.3. The first kappa shape index (κ1) is 17.9. The van der Waals surface area contributed by atoms with Gasteiger partial charge >= 0.3 is 5.69 Å². The number of H-pyrrole nitrogens is 1. The van der Waals surface area contributed by atoms with Gasteiger partial charge in [-0.1, -0.05) is 26.0 Å². The third-order valence-corrected chi connectivity index (χ3v) is 4.10. The van der Waals surface area contributed by atoms with Gasteiger partial charge in [-0.3, -0.25) is 19.1 Å². The quantitative estimate of drug-likeness (QED) is 0.805. The molecule has 0 bridgehead atoms. The Labute approximate surface area is 140 Å². The van der Waals surface area contributed by atoms with E-state index in [2.05, 4.69) is 4.98 Å². The Morgan fingerprint density at radius 2 is 1.96 bits per heavy atom. The van der Waals surface area contributed by atoms with Crippen LogP contribution in [0, 0.1) is 5.41 Å². The number of rotatable bonds is 6. The molecule has 1 aromatic carbocycles. The van der Waals surface area contributed by atoms with Crippen LogP contribution in [-0.2, 0) is 11.3 Å². The van der Waals surface area contributed by atoms with Gasteiger partial charge < -0.3 is 10.6 Å². The number of hydrogen-bond acceptors (Lipinski definition) is 4. The highest BCUT2D eigenvalue weighted by atomic mass is 16.2. The van der Waals surface area contributed by atoms with Crippen molar-refractivity contribution < 1.29 is 4.79 Å². The minimum atomic E-state index is -0.503. The molecule has 0 saturated heterocycles. The van der Waals surface area contributed by atoms with Gasteiger partial charge in [-0.25, -0.2) is 4.79 Å². The van der Waals surface area contributed by atoms with Gasteiger partial charge in [-0.05, 0) is 24.1 Å². The van der Waals surface area contributed by atoms with E-state index in [0.29, 0.717) is 24.0 Å². The summed E-state index contributed by atoms with van der Waals surface area (Å²) < 4.78 is 1.43. The first-order valence-corrected chi connectivity index (χ1v) is 7.91. The van der Waals surface area contributed by atoms with Crippen LogP contribution in [0.15, 0.2) is 33.9 Å². The first-order chi connectivity index (χ1) is 11.2. The number of aromatic nitrogens is 2. The van der Waals surface area contributed by atoms with Gasteiger partial charge in [0.1, 0.15) is 0 Å². The van der Waals surface area contributed by atoms with E-state index in [0.717, 1.165) is 0 Å². The summed E-state index contributed by atoms with van der Waals surface area (Å²) in [6.07, 6.45) is 0.174. The predicted octanol–water partition coefficient (Wildman–Crippen LogP) is 0.523. The normalized spacial score (nSPS) is 11.7. The number of para-hydroxylation sites is 1. The lowest BCUT2D eigenvalue weighted by atomic mass is 9.93. The molecule has 2 aromatic rings. The molecule has 1 aromatic heterocycles. The highest BCUT2D eigenvalue weighted by Gasteiger charge is 2.21. The summed E-state index contributed by atoms with van der Waals surface area (Å²) in [5.74, 6) is -0.0706. The zero-order chi connectivity index (χ0) is 17.9. The molecule has 2 rings (SSSR count). The van der Waals surface area contributed by atoms with Crippen LogP contribution < -0.4 is 17.0 Å². The van der Waals surface area contributed by atoms with Crippen molar-refractivity contribution in [3.63, 3.8) is 0 Å². The van der Waals surface area contributed by atoms with E-state index < -0.39 is 11.2 Å². The second-order valence-corrected chi connectivity index (χ2v) is 6.80. The monoisotopic (exact) mass is 332 g/mol. The molecule has 7 nitrogen and oxygen atoms in total. The molecule has 0 spiro atoms. The third-order valence-electron chi connectivity index (χ3n) is 4.10. The van der Waals surface area contributed by atoms with E-state index in [9.17, 15) is 14.4 Å². The molecule has 7 heteroatoms. The van der Waals surface area contributed by atoms with E-state index >= 15 is 0 Å². The van der Waals surface area contributed by atoms with Crippen molar-refractivity contribution in [1.29, 1.82) is 0 Å². The summed E-state index contributed by atoms with van der Waals surface area (Å²) in [6, 6.07) is 6.86. The van der Waals surface area contributed by atoms with E-state index in [-0.39, 0.29) is 24.3 Å². The summed E-state index contributed by atoms with van der Waals surface area (Å²) in [7, 11) is 1.73. The van der Waals surface area contributed by atoms with Gasteiger partial charge in [0.05, 0.1) is 10.9 Å². The van der Waals surface area contributed by atoms with Crippen LogP contribution in [0.25, 0.3) is 10.9 Å². The fourth-order valence-electron chi connectivity index (χ4n) is 2.66. The molecule has 3 N–H and O–H groups in total. The SMILES string of the molecule is CN(CC(C)(C)CN)C(=O)CCn1c(=O)[nH]c(=O)c2ccccc21. The number of hydrogen-bond donors (Lipinski definition) is 2. The van der Waals surface area contributed by atoms with Gasteiger partial charge in [-0.15, -0.1) is 0 Å². The van der Waals surface area contributed by atoms with Crippen molar-refractivity contribution in [1.82, 2.24) is 14.5 Å². The van der Waals surface area contributed by atoms with Crippen LogP contribution in [0.2, 0.25) is 0 Å². The summed E-state index contributed by atoms with van der Waals surface area (Å²) in [5, 5.41) is 0.433. The Bertz CT molecular complexity index is 851. The average Bonchev–Trinajstić information content (AvgIpc) is 2.54. The van der Waals surface area contributed by atoms with Gasteiger partial charge in [0.15, 0.2) is 0 Å². The van der Waals surface area contributed by atoms with Crippen molar-refractivity contribution in [3.05, 3.63) is 45.1 Å². The van der Waals surface area contributed by atoms with Crippen molar-refractivity contribution in [3.8, 4) is 0 Å². The molecule has 0 saturated carbocycles. The van der Waals surface area contributed by atoms with Crippen molar-refractivity contribution in [2.75, 3.05) is 20.1 Å². The Balaban J connectivity index is 2.18. The lowest BCUT2D eigenvalue weighted by Crippen LogP contribution is -2.40. The van der Waals surface area contributed by atoms with Gasteiger partial charge in [0.25, 0.3) is 5.56 Å². The lowest BCUT2D eigenvalue weighted by Gasteiger charge is -2.29. The molecule has 0 fully saturated rings. The number of carbonyl (C=O) groups is 1. The smallest absolute Gasteiger partial charge is 0.328 e. The Kier molecular flexibility index (Phi) is 5.23. The number of aromatic amines is 1. The number of benzene rings is 1. The van der Waals surface area contributed by atoms with Crippen LogP contribution in [0.3, 0.4) is 0 Å². The van der Waals surface area contributed by atoms with E-state index in [4.69, 9.17) is 5.73 Å². The van der Waals surface area contributed by atoms with Crippen LogP contribution >= 0.6 is 0 Å². The standard InChI is InChI=1S/C17H24N4O3/c1-17(2,10-18)11-20(3)14(22)8-9-21-13-7-5-4-6-12(13)15(23)19-16(21)24/h4-7H,8-11,18H2,1-3H3,(H,19,23,24). The molecule has 1 amide bonds. The molecule has 0 aliphatic heterocycles. The zero-order valence-electron chi connectivity index (χ0n) is 14.3. The van der Waals surface area contributed by atoms with Crippen molar-refractivity contribution >= 4 is 16.8 Å². The summed E-state index contributed by atoms with van der Waals surface area (Å²) >= 11 is 0. The fourth-order valence-corrected chi connectivity index (χ4v) is 2.66. The molecule has 24 heavy (non-hydrogen) atoms. The van der Waals surface area contributed by atoms with Crippen LogP contribution in [0.1, 0.15) is 20.3 Å². The summed E-state index contributed by atoms with van der Waals surface area (Å²) in [6.45, 7) is 5.23. The number of amides is 1. The van der Waals surface area contributed by atoms with Crippen molar-refractivity contribution in [2.24, 2.45) is 11.1 Å². The molecule has 0 atom stereocenters. The van der Waals surface area contributed by atoms with Gasteiger partial charge in [0.2, 0.25) is 5.91 Å². The molecule has 130 valence electrons. The highest BCUT2D eigenvalue weighted by Crippen LogP contribution is 2.14. The van der Waals surface area contributed by atoms with Gasteiger partial charge in [-0.2, -0.15) is 0 Å². The number of nitrogens with zero attached hydrogens (tertiary/aromatic N) is 2. The van der Waals surface area contributed by atoms with Crippen molar-refractivity contribution in [2.45, 2.75) is 26.8 Å². The summed E-state index contributed by atoms with van der Waals surface area (Å²) in [5.41, 5.74) is 5.15. The minimum absolute atomic E-state index is 0.0706. The maximum absolute atomic E-state index is 12.3. The number of carbonyl (C=O) groups excluding carboxylic acids is 1. The molecular formula is C17H24N4O3. The van der Waals surface area contributed by atoms with E-state index in [1.165, 1.54) is 4.57 Å². The molecular weight excluding hydrogens is 308 g/mol. The topological polar surface area (TPSA) is 101 Å². The highest BCUT2D eigenvalue weighted by molar-refractivity contribution is 5.78. The second kappa shape index (κ2) is 7.00. The maximum atomic E-state index is 12.3. The second-order valence-electron chi connectivity index (χ2n) is 6.80. The Hall–Kier alpha value is -2.41. The van der Waals surface area contributed by atoms with E-state index in [1.54, 1.807) is 36.2 Å². The first-order valence-electron chi connectivity index (χ1n) is 7.91. The van der Waals surface area contributed by atoms with Gasteiger partial charge in [0, 0.05) is 26.6 Å². The van der Waals surface area contributed by atoms with E-state index in [1.807, 2.05) is 13.8 Å². The Morgan fingerprint density at radius 1 is 1.29 bits per heavy atom. The predicted molar refractivity (Wildman–Crippen MR) is 93.9 cm³/mol. The molecule has 0 unspecified atom stereocenters. The number of aryl methyl sites for hydroxylation is 1. The maximum Gasteiger partial charge on any atom is 0.328 e. The number of nitrogens with one attached hydrogen (secondary N) is 1. The fraction of sp³-hybridized carbons (Fsp3) is 0.471. The van der Waals surface area contributed by atoms with Crippen LogP contribution in [0.5, 0.6) is 0 Å². The number of nitrogens with two attached hydrogens (primary N) is 1.